The molecule has 1 heterocycles. The van der Waals surface area contributed by atoms with Gasteiger partial charge in [0.1, 0.15) is 0 Å². The molecule has 0 radical (unpaired) electrons. The third kappa shape index (κ3) is 3.08. The molecule has 13 heavy (non-hydrogen) atoms. The van der Waals surface area contributed by atoms with Gasteiger partial charge in [-0.3, -0.25) is 4.98 Å². The first-order valence-electron chi connectivity index (χ1n) is 4.33. The Hall–Kier alpha value is -0.410. The van der Waals surface area contributed by atoms with Crippen molar-refractivity contribution in [3.8, 4) is 0 Å². The minimum absolute atomic E-state index is 0.157. The molecule has 2 nitrogen and oxygen atoms in total. The second kappa shape index (κ2) is 4.20. The van der Waals surface area contributed by atoms with Crippen molar-refractivity contribution in [3.63, 3.8) is 0 Å². The Kier molecular flexibility index (Phi) is 3.45. The molecule has 0 fully saturated rings. The van der Waals surface area contributed by atoms with Crippen LogP contribution in [0.15, 0.2) is 22.9 Å². The van der Waals surface area contributed by atoms with E-state index in [1.807, 2.05) is 18.5 Å². The highest BCUT2D eigenvalue weighted by atomic mass is 79.9. The molecule has 1 aromatic rings. The molecule has 3 heteroatoms. The number of nitrogens with zero attached hydrogens (tertiary/aromatic N) is 1. The van der Waals surface area contributed by atoms with E-state index < -0.39 is 0 Å². The van der Waals surface area contributed by atoms with E-state index in [4.69, 9.17) is 5.73 Å². The Morgan fingerprint density at radius 1 is 1.54 bits per heavy atom. The van der Waals surface area contributed by atoms with Crippen molar-refractivity contribution < 1.29 is 0 Å². The van der Waals surface area contributed by atoms with Gasteiger partial charge in [-0.05, 0) is 45.9 Å². The topological polar surface area (TPSA) is 38.9 Å². The van der Waals surface area contributed by atoms with Gasteiger partial charge >= 0.3 is 0 Å². The Bertz CT molecular complexity index is 284. The molecule has 2 N–H and O–H groups in total. The van der Waals surface area contributed by atoms with Crippen molar-refractivity contribution in [3.05, 3.63) is 28.5 Å². The molecule has 0 amide bonds. The van der Waals surface area contributed by atoms with Crippen LogP contribution in [-0.2, 0) is 6.42 Å². The summed E-state index contributed by atoms with van der Waals surface area (Å²) in [6.45, 7) is 5.03. The van der Waals surface area contributed by atoms with Crippen molar-refractivity contribution in [1.82, 2.24) is 4.98 Å². The van der Waals surface area contributed by atoms with Gasteiger partial charge in [0.05, 0.1) is 0 Å². The van der Waals surface area contributed by atoms with Crippen LogP contribution in [0.1, 0.15) is 19.4 Å². The minimum Gasteiger partial charge on any atom is -0.330 e. The Morgan fingerprint density at radius 2 is 2.23 bits per heavy atom. The zero-order valence-electron chi connectivity index (χ0n) is 8.05. The van der Waals surface area contributed by atoms with Crippen molar-refractivity contribution >= 4 is 15.9 Å². The molecule has 0 aliphatic carbocycles. The predicted octanol–water partition coefficient (Wildman–Crippen LogP) is 2.37. The highest BCUT2D eigenvalue weighted by molar-refractivity contribution is 9.10. The van der Waals surface area contributed by atoms with Gasteiger partial charge in [-0.15, -0.1) is 0 Å². The quantitative estimate of drug-likeness (QED) is 0.885. The SMILES string of the molecule is CC(C)(CN)Cc1ccncc1Br. The number of pyridine rings is 1. The molecule has 1 rings (SSSR count). The zero-order chi connectivity index (χ0) is 9.90. The molecule has 1 aromatic heterocycles. The predicted molar refractivity (Wildman–Crippen MR) is 58.5 cm³/mol. The normalized spacial score (nSPS) is 11.7. The number of aromatic nitrogens is 1. The molecule has 0 spiro atoms. The maximum Gasteiger partial charge on any atom is 0.0412 e. The fourth-order valence-corrected chi connectivity index (χ4v) is 1.53. The summed E-state index contributed by atoms with van der Waals surface area (Å²) in [7, 11) is 0. The second-order valence-corrected chi connectivity index (χ2v) is 4.87. The molecule has 0 unspecified atom stereocenters. The third-order valence-electron chi connectivity index (χ3n) is 2.08. The van der Waals surface area contributed by atoms with Crippen LogP contribution in [0, 0.1) is 5.41 Å². The van der Waals surface area contributed by atoms with Gasteiger partial charge in [-0.1, -0.05) is 13.8 Å². The smallest absolute Gasteiger partial charge is 0.0412 e. The van der Waals surface area contributed by atoms with Crippen LogP contribution in [0.2, 0.25) is 0 Å². The van der Waals surface area contributed by atoms with Gasteiger partial charge in [0, 0.05) is 16.9 Å². The highest BCUT2D eigenvalue weighted by Crippen LogP contribution is 2.24. The van der Waals surface area contributed by atoms with Gasteiger partial charge in [0.25, 0.3) is 0 Å². The first kappa shape index (κ1) is 10.7. The van der Waals surface area contributed by atoms with E-state index in [2.05, 4.69) is 34.8 Å². The van der Waals surface area contributed by atoms with Crippen LogP contribution in [0.4, 0.5) is 0 Å². The van der Waals surface area contributed by atoms with Gasteiger partial charge in [-0.2, -0.15) is 0 Å². The number of nitrogens with two attached hydrogens (primary N) is 1. The number of halogens is 1. The van der Waals surface area contributed by atoms with Crippen molar-refractivity contribution in [1.29, 1.82) is 0 Å². The lowest BCUT2D eigenvalue weighted by atomic mass is 9.86. The Labute approximate surface area is 87.7 Å². The van der Waals surface area contributed by atoms with Gasteiger partial charge in [0.2, 0.25) is 0 Å². The fraction of sp³-hybridized carbons (Fsp3) is 0.500. The highest BCUT2D eigenvalue weighted by Gasteiger charge is 2.17. The molecule has 0 aliphatic rings. The summed E-state index contributed by atoms with van der Waals surface area (Å²) < 4.78 is 1.07. The van der Waals surface area contributed by atoms with Crippen LogP contribution in [0.3, 0.4) is 0 Å². The summed E-state index contributed by atoms with van der Waals surface area (Å²) in [6, 6.07) is 2.03. The first-order valence-corrected chi connectivity index (χ1v) is 5.13. The molecule has 0 bridgehead atoms. The molecule has 0 atom stereocenters. The molecule has 0 saturated heterocycles. The monoisotopic (exact) mass is 242 g/mol. The molecular formula is C10H15BrN2. The van der Waals surface area contributed by atoms with Crippen molar-refractivity contribution in [2.45, 2.75) is 20.3 Å². The maximum absolute atomic E-state index is 5.67. The van der Waals surface area contributed by atoms with Crippen LogP contribution in [0.5, 0.6) is 0 Å². The number of hydrogen-bond acceptors (Lipinski definition) is 2. The fourth-order valence-electron chi connectivity index (χ4n) is 1.14. The van der Waals surface area contributed by atoms with Crippen molar-refractivity contribution in [2.75, 3.05) is 6.54 Å². The van der Waals surface area contributed by atoms with Crippen LogP contribution in [-0.4, -0.2) is 11.5 Å². The lowest BCUT2D eigenvalue weighted by Crippen LogP contribution is -2.26. The summed E-state index contributed by atoms with van der Waals surface area (Å²) in [5.74, 6) is 0. The van der Waals surface area contributed by atoms with Gasteiger partial charge in [0.15, 0.2) is 0 Å². The van der Waals surface area contributed by atoms with Crippen LogP contribution < -0.4 is 5.73 Å². The maximum atomic E-state index is 5.67. The second-order valence-electron chi connectivity index (χ2n) is 4.01. The van der Waals surface area contributed by atoms with Gasteiger partial charge < -0.3 is 5.73 Å². The summed E-state index contributed by atoms with van der Waals surface area (Å²) in [4.78, 5) is 4.02. The zero-order valence-corrected chi connectivity index (χ0v) is 9.63. The van der Waals surface area contributed by atoms with E-state index in [0.29, 0.717) is 6.54 Å². The summed E-state index contributed by atoms with van der Waals surface area (Å²) in [5, 5.41) is 0. The van der Waals surface area contributed by atoms with E-state index in [1.54, 1.807) is 0 Å². The Morgan fingerprint density at radius 3 is 2.77 bits per heavy atom. The third-order valence-corrected chi connectivity index (χ3v) is 2.79. The summed E-state index contributed by atoms with van der Waals surface area (Å²) >= 11 is 3.47. The number of hydrogen-bond donors (Lipinski definition) is 1. The molecular weight excluding hydrogens is 228 g/mol. The first-order chi connectivity index (χ1) is 6.05. The average Bonchev–Trinajstić information content (AvgIpc) is 2.09. The van der Waals surface area contributed by atoms with Gasteiger partial charge in [-0.25, -0.2) is 0 Å². The lowest BCUT2D eigenvalue weighted by Gasteiger charge is -2.22. The summed E-state index contributed by atoms with van der Waals surface area (Å²) in [5.41, 5.74) is 7.10. The lowest BCUT2D eigenvalue weighted by molar-refractivity contribution is 0.376. The molecule has 72 valence electrons. The Balaban J connectivity index is 2.80. The van der Waals surface area contributed by atoms with E-state index in [-0.39, 0.29) is 5.41 Å². The average molecular weight is 243 g/mol. The van der Waals surface area contributed by atoms with E-state index in [1.165, 1.54) is 5.56 Å². The van der Waals surface area contributed by atoms with Crippen LogP contribution in [0.25, 0.3) is 0 Å². The largest absolute Gasteiger partial charge is 0.330 e. The van der Waals surface area contributed by atoms with E-state index >= 15 is 0 Å². The minimum atomic E-state index is 0.157. The molecule has 0 aromatic carbocycles. The summed E-state index contributed by atoms with van der Waals surface area (Å²) in [6.07, 6.45) is 4.61. The van der Waals surface area contributed by atoms with Crippen molar-refractivity contribution in [2.24, 2.45) is 11.1 Å². The van der Waals surface area contributed by atoms with E-state index in [0.717, 1.165) is 10.9 Å². The molecule has 0 saturated carbocycles. The van der Waals surface area contributed by atoms with E-state index in [9.17, 15) is 0 Å². The molecule has 0 aliphatic heterocycles. The number of rotatable bonds is 3. The standard InChI is InChI=1S/C10H15BrN2/c1-10(2,7-12)5-8-3-4-13-6-9(8)11/h3-4,6H,5,7,12H2,1-2H3. The van der Waals surface area contributed by atoms with Crippen LogP contribution >= 0.6 is 15.9 Å².